The molecule has 1 aliphatic rings. The molecule has 0 unspecified atom stereocenters. The van der Waals surface area contributed by atoms with Crippen LogP contribution in [0.4, 0.5) is 5.69 Å². The number of rotatable bonds is 7. The van der Waals surface area contributed by atoms with Gasteiger partial charge < -0.3 is 5.32 Å². The molecular formula is C26H32N4OS. The van der Waals surface area contributed by atoms with Gasteiger partial charge in [-0.25, -0.2) is 4.98 Å². The quantitative estimate of drug-likeness (QED) is 0.567. The molecule has 0 saturated carbocycles. The van der Waals surface area contributed by atoms with E-state index in [1.165, 1.54) is 11.1 Å². The van der Waals surface area contributed by atoms with Crippen molar-refractivity contribution in [1.29, 1.82) is 0 Å². The summed E-state index contributed by atoms with van der Waals surface area (Å²) in [7, 11) is 0. The summed E-state index contributed by atoms with van der Waals surface area (Å²) in [5.41, 5.74) is 6.83. The zero-order chi connectivity index (χ0) is 22.5. The smallest absolute Gasteiger partial charge is 0.238 e. The summed E-state index contributed by atoms with van der Waals surface area (Å²) in [6.45, 7) is 11.3. The number of amides is 1. The molecule has 3 aromatic rings. The van der Waals surface area contributed by atoms with Gasteiger partial charge in [-0.1, -0.05) is 49.4 Å². The third kappa shape index (κ3) is 5.63. The predicted octanol–water partition coefficient (Wildman–Crippen LogP) is 4.75. The normalized spacial score (nSPS) is 15.1. The molecule has 2 heterocycles. The minimum atomic E-state index is 0.0640. The van der Waals surface area contributed by atoms with Crippen LogP contribution in [0.15, 0.2) is 47.8 Å². The zero-order valence-electron chi connectivity index (χ0n) is 19.2. The first kappa shape index (κ1) is 22.6. The Morgan fingerprint density at radius 1 is 1.00 bits per heavy atom. The second-order valence-electron chi connectivity index (χ2n) is 8.56. The van der Waals surface area contributed by atoms with Crippen molar-refractivity contribution in [2.45, 2.75) is 33.7 Å². The van der Waals surface area contributed by atoms with E-state index in [4.69, 9.17) is 4.98 Å². The monoisotopic (exact) mass is 448 g/mol. The molecule has 4 rings (SSSR count). The number of para-hydroxylation sites is 1. The van der Waals surface area contributed by atoms with Gasteiger partial charge in [0.15, 0.2) is 0 Å². The van der Waals surface area contributed by atoms with Crippen LogP contribution < -0.4 is 5.32 Å². The van der Waals surface area contributed by atoms with Crippen molar-refractivity contribution < 1.29 is 4.79 Å². The molecule has 0 atom stereocenters. The first-order valence-corrected chi connectivity index (χ1v) is 12.2. The molecule has 5 nitrogen and oxygen atoms in total. The molecule has 1 aromatic heterocycles. The Bertz CT molecular complexity index is 1030. The highest BCUT2D eigenvalue weighted by Crippen LogP contribution is 2.25. The number of hydrogen-bond acceptors (Lipinski definition) is 5. The molecule has 6 heteroatoms. The number of anilines is 1. The van der Waals surface area contributed by atoms with Gasteiger partial charge >= 0.3 is 0 Å². The van der Waals surface area contributed by atoms with E-state index in [9.17, 15) is 4.79 Å². The lowest BCUT2D eigenvalue weighted by Gasteiger charge is -2.33. The van der Waals surface area contributed by atoms with Crippen molar-refractivity contribution in [3.05, 3.63) is 70.2 Å². The standard InChI is InChI=1S/C26H32N4OS/c1-4-21-8-10-22(11-9-21)26-27-23(18-32-26)16-29-12-14-30(15-13-29)17-24(31)28-25-19(2)6-5-7-20(25)3/h5-11,18H,4,12-17H2,1-3H3,(H,28,31). The minimum absolute atomic E-state index is 0.0640. The highest BCUT2D eigenvalue weighted by molar-refractivity contribution is 7.13. The van der Waals surface area contributed by atoms with Crippen LogP contribution in [0.3, 0.4) is 0 Å². The molecule has 1 amide bonds. The van der Waals surface area contributed by atoms with Crippen LogP contribution in [0.1, 0.15) is 29.3 Å². The average molecular weight is 449 g/mol. The maximum absolute atomic E-state index is 12.6. The number of hydrogen-bond donors (Lipinski definition) is 1. The Morgan fingerprint density at radius 3 is 2.31 bits per heavy atom. The predicted molar refractivity (Wildman–Crippen MR) is 133 cm³/mol. The fraction of sp³-hybridized carbons (Fsp3) is 0.385. The Morgan fingerprint density at radius 2 is 1.66 bits per heavy atom. The maximum Gasteiger partial charge on any atom is 0.238 e. The Hall–Kier alpha value is -2.54. The van der Waals surface area contributed by atoms with Gasteiger partial charge in [0.1, 0.15) is 5.01 Å². The molecule has 1 aliphatic heterocycles. The second-order valence-corrected chi connectivity index (χ2v) is 9.42. The summed E-state index contributed by atoms with van der Waals surface area (Å²) < 4.78 is 0. The third-order valence-electron chi connectivity index (χ3n) is 6.12. The van der Waals surface area contributed by atoms with Gasteiger partial charge in [-0.05, 0) is 37.0 Å². The Labute approximate surface area is 195 Å². The molecule has 168 valence electrons. The summed E-state index contributed by atoms with van der Waals surface area (Å²) in [5, 5.41) is 6.36. The molecule has 0 spiro atoms. The van der Waals surface area contributed by atoms with Gasteiger partial charge in [-0.2, -0.15) is 0 Å². The van der Waals surface area contributed by atoms with E-state index in [0.717, 1.165) is 66.7 Å². The van der Waals surface area contributed by atoms with Crippen molar-refractivity contribution in [1.82, 2.24) is 14.8 Å². The first-order valence-electron chi connectivity index (χ1n) is 11.4. The van der Waals surface area contributed by atoms with Gasteiger partial charge in [0.05, 0.1) is 12.2 Å². The fourth-order valence-corrected chi connectivity index (χ4v) is 4.94. The van der Waals surface area contributed by atoms with E-state index in [0.29, 0.717) is 6.54 Å². The fourth-order valence-electron chi connectivity index (χ4n) is 4.12. The van der Waals surface area contributed by atoms with E-state index < -0.39 is 0 Å². The first-order chi connectivity index (χ1) is 15.5. The lowest BCUT2D eigenvalue weighted by atomic mass is 10.1. The minimum Gasteiger partial charge on any atom is -0.324 e. The zero-order valence-corrected chi connectivity index (χ0v) is 20.0. The summed E-state index contributed by atoms with van der Waals surface area (Å²) in [6, 6.07) is 14.8. The van der Waals surface area contributed by atoms with Crippen LogP contribution in [-0.4, -0.2) is 53.4 Å². The molecular weight excluding hydrogens is 416 g/mol. The van der Waals surface area contributed by atoms with Crippen LogP contribution in [-0.2, 0) is 17.8 Å². The van der Waals surface area contributed by atoms with Gasteiger partial charge in [-0.15, -0.1) is 11.3 Å². The maximum atomic E-state index is 12.6. The molecule has 0 aliphatic carbocycles. The summed E-state index contributed by atoms with van der Waals surface area (Å²) in [6.07, 6.45) is 1.06. The van der Waals surface area contributed by atoms with Crippen molar-refractivity contribution in [2.75, 3.05) is 38.0 Å². The van der Waals surface area contributed by atoms with Crippen LogP contribution in [0.5, 0.6) is 0 Å². The molecule has 0 bridgehead atoms. The topological polar surface area (TPSA) is 48.5 Å². The summed E-state index contributed by atoms with van der Waals surface area (Å²) in [4.78, 5) is 22.1. The third-order valence-corrected chi connectivity index (χ3v) is 7.06. The SMILES string of the molecule is CCc1ccc(-c2nc(CN3CCN(CC(=O)Nc4c(C)cccc4C)CC3)cs2)cc1. The highest BCUT2D eigenvalue weighted by Gasteiger charge is 2.20. The number of aromatic nitrogens is 1. The highest BCUT2D eigenvalue weighted by atomic mass is 32.1. The van der Waals surface area contributed by atoms with E-state index in [2.05, 4.69) is 51.7 Å². The van der Waals surface area contributed by atoms with Gasteiger partial charge in [-0.3, -0.25) is 14.6 Å². The second kappa shape index (κ2) is 10.4. The van der Waals surface area contributed by atoms with Crippen LogP contribution in [0, 0.1) is 13.8 Å². The van der Waals surface area contributed by atoms with Crippen molar-refractivity contribution >= 4 is 22.9 Å². The largest absolute Gasteiger partial charge is 0.324 e. The van der Waals surface area contributed by atoms with Crippen LogP contribution >= 0.6 is 11.3 Å². The molecule has 1 saturated heterocycles. The number of thiazole rings is 1. The van der Waals surface area contributed by atoms with E-state index in [-0.39, 0.29) is 5.91 Å². The van der Waals surface area contributed by atoms with Gasteiger partial charge in [0.2, 0.25) is 5.91 Å². The number of piperazine rings is 1. The molecule has 1 N–H and O–H groups in total. The number of aryl methyl sites for hydroxylation is 3. The molecule has 32 heavy (non-hydrogen) atoms. The van der Waals surface area contributed by atoms with E-state index in [1.807, 2.05) is 32.0 Å². The Balaban J connectivity index is 1.25. The van der Waals surface area contributed by atoms with Crippen molar-refractivity contribution in [2.24, 2.45) is 0 Å². The van der Waals surface area contributed by atoms with Crippen molar-refractivity contribution in [3.8, 4) is 10.6 Å². The van der Waals surface area contributed by atoms with E-state index in [1.54, 1.807) is 11.3 Å². The van der Waals surface area contributed by atoms with Gasteiger partial charge in [0, 0.05) is 49.4 Å². The number of nitrogens with one attached hydrogen (secondary N) is 1. The number of nitrogens with zero attached hydrogens (tertiary/aromatic N) is 3. The van der Waals surface area contributed by atoms with Crippen LogP contribution in [0.2, 0.25) is 0 Å². The van der Waals surface area contributed by atoms with Crippen LogP contribution in [0.25, 0.3) is 10.6 Å². The Kier molecular flexibility index (Phi) is 7.35. The summed E-state index contributed by atoms with van der Waals surface area (Å²) in [5.74, 6) is 0.0640. The number of carbonyl (C=O) groups is 1. The molecule has 2 aromatic carbocycles. The molecule has 0 radical (unpaired) electrons. The summed E-state index contributed by atoms with van der Waals surface area (Å²) >= 11 is 1.72. The van der Waals surface area contributed by atoms with Crippen molar-refractivity contribution in [3.63, 3.8) is 0 Å². The lowest BCUT2D eigenvalue weighted by molar-refractivity contribution is -0.117. The number of carbonyl (C=O) groups excluding carboxylic acids is 1. The van der Waals surface area contributed by atoms with Gasteiger partial charge in [0.25, 0.3) is 0 Å². The average Bonchev–Trinajstić information content (AvgIpc) is 3.26. The molecule has 1 fully saturated rings. The lowest BCUT2D eigenvalue weighted by Crippen LogP contribution is -2.48. The van der Waals surface area contributed by atoms with E-state index >= 15 is 0 Å². The number of benzene rings is 2.